The van der Waals surface area contributed by atoms with E-state index in [9.17, 15) is 71.5 Å². The van der Waals surface area contributed by atoms with E-state index >= 15 is 0 Å². The minimum Gasteiger partial charge on any atom is -0.394 e. The van der Waals surface area contributed by atoms with E-state index < -0.39 is 149 Å². The van der Waals surface area contributed by atoms with Crippen LogP contribution >= 0.6 is 0 Å². The zero-order valence-electron chi connectivity index (χ0n) is 23.6. The Morgan fingerprint density at radius 3 is 1.47 bits per heavy atom. The number of ether oxygens (including phenoxy) is 7. The van der Waals surface area contributed by atoms with Crippen LogP contribution in [0.2, 0.25) is 0 Å². The SMILES string of the molecule is OC[C@H]1O[C@H](OC[C@H]2O[C@H](O[C@]3(CO[C@]4(CO)O[C@H](CO)[C@@H](O)[C@@H]4O)O[C@H](CO)[C@@H](O)[C@@H]3O)[C@H](O)[C@@H](O)[C@@H]2O)[C@H](O)[C@@H](O)[C@H]1O. The molecule has 0 amide bonds. The first-order chi connectivity index (χ1) is 21.2. The first-order valence-corrected chi connectivity index (χ1v) is 14.0. The standard InChI is InChI=1S/C24H42O21/c25-1-7-11(29)15(33)17(35)21(41-7)39-4-10-12(30)16(34)18(36)22(42-10)45-24(20(38)14(32)9(3-27)44-24)6-40-23(5-28)19(37)13(31)8(2-26)43-23/h7-22,25-38H,1-6H2/t7-,8-,9-,10-,11+,12-,13-,14-,15+,16+,17-,18-,19+,20+,21+,22-,23-,24+/m1/s1. The van der Waals surface area contributed by atoms with Gasteiger partial charge < -0.3 is 105 Å². The van der Waals surface area contributed by atoms with Gasteiger partial charge in [0.05, 0.1) is 26.4 Å². The first-order valence-electron chi connectivity index (χ1n) is 14.0. The van der Waals surface area contributed by atoms with E-state index in [4.69, 9.17) is 33.2 Å². The van der Waals surface area contributed by atoms with Crippen molar-refractivity contribution in [3.05, 3.63) is 0 Å². The van der Waals surface area contributed by atoms with Gasteiger partial charge >= 0.3 is 0 Å². The van der Waals surface area contributed by atoms with E-state index in [1.54, 1.807) is 0 Å². The monoisotopic (exact) mass is 666 g/mol. The van der Waals surface area contributed by atoms with Gasteiger partial charge in [-0.25, -0.2) is 0 Å². The Labute approximate surface area is 254 Å². The van der Waals surface area contributed by atoms with Gasteiger partial charge in [-0.05, 0) is 0 Å². The van der Waals surface area contributed by atoms with E-state index in [2.05, 4.69) is 0 Å². The minimum atomic E-state index is -2.63. The molecule has 18 atom stereocenters. The van der Waals surface area contributed by atoms with Crippen molar-refractivity contribution < 1.29 is 105 Å². The Hall–Kier alpha value is -0.840. The summed E-state index contributed by atoms with van der Waals surface area (Å²) in [6.07, 6.45) is -28.7. The Balaban J connectivity index is 1.53. The first kappa shape index (κ1) is 37.0. The maximum atomic E-state index is 10.9. The van der Waals surface area contributed by atoms with Crippen LogP contribution < -0.4 is 0 Å². The lowest BCUT2D eigenvalue weighted by Crippen LogP contribution is -2.64. The fourth-order valence-corrected chi connectivity index (χ4v) is 5.52. The largest absolute Gasteiger partial charge is 0.394 e. The van der Waals surface area contributed by atoms with Crippen LogP contribution in [0.15, 0.2) is 0 Å². The molecule has 0 saturated carbocycles. The number of rotatable bonds is 12. The summed E-state index contributed by atoms with van der Waals surface area (Å²) in [6.45, 7) is -5.39. The summed E-state index contributed by atoms with van der Waals surface area (Å²) >= 11 is 0. The van der Waals surface area contributed by atoms with Crippen LogP contribution in [0.4, 0.5) is 0 Å². The lowest BCUT2D eigenvalue weighted by molar-refractivity contribution is -0.402. The van der Waals surface area contributed by atoms with Crippen molar-refractivity contribution in [1.29, 1.82) is 0 Å². The van der Waals surface area contributed by atoms with E-state index in [0.29, 0.717) is 0 Å². The zero-order valence-corrected chi connectivity index (χ0v) is 23.6. The van der Waals surface area contributed by atoms with Gasteiger partial charge in [-0.3, -0.25) is 0 Å². The summed E-state index contributed by atoms with van der Waals surface area (Å²) in [5.74, 6) is -5.06. The topological polar surface area (TPSA) is 348 Å². The van der Waals surface area contributed by atoms with Gasteiger partial charge in [0.2, 0.25) is 11.6 Å². The minimum absolute atomic E-state index is 0.740. The highest BCUT2D eigenvalue weighted by atomic mass is 16.8. The molecule has 21 nitrogen and oxygen atoms in total. The molecule has 0 aromatic rings. The molecule has 0 aliphatic carbocycles. The number of aliphatic hydroxyl groups excluding tert-OH is 14. The normalized spacial score (nSPS) is 52.4. The smallest absolute Gasteiger partial charge is 0.224 e. The molecule has 45 heavy (non-hydrogen) atoms. The maximum Gasteiger partial charge on any atom is 0.224 e. The van der Waals surface area contributed by atoms with Crippen LogP contribution in [0.3, 0.4) is 0 Å². The van der Waals surface area contributed by atoms with Gasteiger partial charge in [0.15, 0.2) is 12.6 Å². The number of aliphatic hydroxyl groups is 14. The third kappa shape index (κ3) is 6.87. The summed E-state index contributed by atoms with van der Waals surface area (Å²) in [4.78, 5) is 0. The van der Waals surface area contributed by atoms with Crippen LogP contribution in [0.25, 0.3) is 0 Å². The molecule has 0 radical (unpaired) electrons. The molecule has 0 spiro atoms. The van der Waals surface area contributed by atoms with Gasteiger partial charge in [0.1, 0.15) is 98.7 Å². The maximum absolute atomic E-state index is 10.9. The molecular formula is C24H42O21. The molecule has 4 aliphatic rings. The third-order valence-corrected chi connectivity index (χ3v) is 8.37. The van der Waals surface area contributed by atoms with Crippen molar-refractivity contribution in [2.45, 2.75) is 110 Å². The van der Waals surface area contributed by atoms with E-state index in [0.717, 1.165) is 0 Å². The molecule has 4 aliphatic heterocycles. The third-order valence-electron chi connectivity index (χ3n) is 8.37. The van der Waals surface area contributed by atoms with Gasteiger partial charge in [-0.15, -0.1) is 0 Å². The Bertz CT molecular complexity index is 947. The molecule has 21 heteroatoms. The van der Waals surface area contributed by atoms with Gasteiger partial charge in [0.25, 0.3) is 0 Å². The molecule has 0 aromatic heterocycles. The van der Waals surface area contributed by atoms with Gasteiger partial charge in [-0.1, -0.05) is 0 Å². The van der Waals surface area contributed by atoms with Crippen LogP contribution in [-0.2, 0) is 33.2 Å². The quantitative estimate of drug-likeness (QED) is 0.0919. The average molecular weight is 667 g/mol. The van der Waals surface area contributed by atoms with Crippen molar-refractivity contribution in [2.75, 3.05) is 39.6 Å². The summed E-state index contributed by atoms with van der Waals surface area (Å²) in [6, 6.07) is 0. The van der Waals surface area contributed by atoms with Crippen molar-refractivity contribution in [3.8, 4) is 0 Å². The van der Waals surface area contributed by atoms with E-state index in [1.807, 2.05) is 0 Å². The summed E-state index contributed by atoms with van der Waals surface area (Å²) < 4.78 is 38.1. The predicted octanol–water partition coefficient (Wildman–Crippen LogP) is -9.75. The fraction of sp³-hybridized carbons (Fsp3) is 1.00. The second kappa shape index (κ2) is 14.7. The molecular weight excluding hydrogens is 624 g/mol. The van der Waals surface area contributed by atoms with E-state index in [1.165, 1.54) is 0 Å². The Kier molecular flexibility index (Phi) is 12.1. The Morgan fingerprint density at radius 2 is 0.956 bits per heavy atom. The molecule has 264 valence electrons. The molecule has 0 unspecified atom stereocenters. The number of hydrogen-bond donors (Lipinski definition) is 14. The highest BCUT2D eigenvalue weighted by Crippen LogP contribution is 2.40. The molecule has 0 bridgehead atoms. The lowest BCUT2D eigenvalue weighted by atomic mass is 9.98. The summed E-state index contributed by atoms with van der Waals surface area (Å²) in [7, 11) is 0. The highest BCUT2D eigenvalue weighted by Gasteiger charge is 2.62. The van der Waals surface area contributed by atoms with Crippen LogP contribution in [-0.4, -0.2) is 221 Å². The van der Waals surface area contributed by atoms with Crippen molar-refractivity contribution in [3.63, 3.8) is 0 Å². The number of hydrogen-bond acceptors (Lipinski definition) is 21. The van der Waals surface area contributed by atoms with Crippen LogP contribution in [0.1, 0.15) is 0 Å². The molecule has 0 aromatic carbocycles. The van der Waals surface area contributed by atoms with Crippen molar-refractivity contribution >= 4 is 0 Å². The van der Waals surface area contributed by atoms with Gasteiger partial charge in [-0.2, -0.15) is 0 Å². The summed E-state index contributed by atoms with van der Waals surface area (Å²) in [5.41, 5.74) is 0. The molecule has 4 heterocycles. The van der Waals surface area contributed by atoms with Crippen molar-refractivity contribution in [1.82, 2.24) is 0 Å². The molecule has 14 N–H and O–H groups in total. The summed E-state index contributed by atoms with van der Waals surface area (Å²) in [5, 5.41) is 142. The zero-order chi connectivity index (χ0) is 33.4. The average Bonchev–Trinajstić information content (AvgIpc) is 3.43. The molecule has 4 saturated heterocycles. The second-order valence-corrected chi connectivity index (χ2v) is 11.3. The van der Waals surface area contributed by atoms with Gasteiger partial charge in [0, 0.05) is 0 Å². The highest BCUT2D eigenvalue weighted by molar-refractivity contribution is 5.01. The van der Waals surface area contributed by atoms with E-state index in [-0.39, 0.29) is 0 Å². The fourth-order valence-electron chi connectivity index (χ4n) is 5.52. The van der Waals surface area contributed by atoms with Crippen LogP contribution in [0, 0.1) is 0 Å². The van der Waals surface area contributed by atoms with Crippen LogP contribution in [0.5, 0.6) is 0 Å². The van der Waals surface area contributed by atoms with Crippen molar-refractivity contribution in [2.24, 2.45) is 0 Å². The molecule has 4 rings (SSSR count). The molecule has 4 fully saturated rings. The predicted molar refractivity (Wildman–Crippen MR) is 134 cm³/mol. The second-order valence-electron chi connectivity index (χ2n) is 11.3. The lowest BCUT2D eigenvalue weighted by Gasteiger charge is -2.45. The Morgan fingerprint density at radius 1 is 0.489 bits per heavy atom.